The van der Waals surface area contributed by atoms with Crippen molar-refractivity contribution >= 4 is 11.8 Å². The summed E-state index contributed by atoms with van der Waals surface area (Å²) in [6.07, 6.45) is -3.33. The van der Waals surface area contributed by atoms with Gasteiger partial charge in [0.2, 0.25) is 0 Å². The van der Waals surface area contributed by atoms with Gasteiger partial charge in [-0.3, -0.25) is 4.79 Å². The molecule has 0 aromatic carbocycles. The Balaban J connectivity index is 2.08. The number of carboxylic acids is 1. The summed E-state index contributed by atoms with van der Waals surface area (Å²) < 4.78 is 43.4. The number of ether oxygens (including phenoxy) is 1. The summed E-state index contributed by atoms with van der Waals surface area (Å²) in [6.45, 7) is 2.36. The first-order valence-corrected chi connectivity index (χ1v) is 7.24. The molecule has 1 aliphatic heterocycles. The van der Waals surface area contributed by atoms with Crippen molar-refractivity contribution in [3.8, 4) is 0 Å². The van der Waals surface area contributed by atoms with Gasteiger partial charge in [-0.05, 0) is 25.7 Å². The van der Waals surface area contributed by atoms with Crippen LogP contribution in [0.2, 0.25) is 0 Å². The Labute approximate surface area is 131 Å². The summed E-state index contributed by atoms with van der Waals surface area (Å²) in [7, 11) is 0. The van der Waals surface area contributed by atoms with Crippen molar-refractivity contribution in [3.05, 3.63) is 17.6 Å². The van der Waals surface area contributed by atoms with E-state index in [4.69, 9.17) is 4.74 Å². The number of hydrogen-bond acceptors (Lipinski definition) is 5. The van der Waals surface area contributed by atoms with Crippen molar-refractivity contribution < 1.29 is 27.8 Å². The van der Waals surface area contributed by atoms with E-state index in [9.17, 15) is 23.1 Å². The van der Waals surface area contributed by atoms with Crippen molar-refractivity contribution in [3.63, 3.8) is 0 Å². The molecule has 1 atom stereocenters. The molecule has 1 saturated heterocycles. The number of nitrogens with zero attached hydrogens (tertiary/aromatic N) is 2. The van der Waals surface area contributed by atoms with E-state index in [1.807, 2.05) is 0 Å². The number of nitrogens with one attached hydrogen (secondary N) is 1. The number of anilines is 1. The Hall–Kier alpha value is -1.90. The molecule has 0 saturated carbocycles. The third-order valence-corrected chi connectivity index (χ3v) is 3.78. The highest BCUT2D eigenvalue weighted by Gasteiger charge is 2.34. The molecular weight excluding hydrogens is 315 g/mol. The Bertz CT molecular complexity index is 560. The smallest absolute Gasteiger partial charge is 0.433 e. The van der Waals surface area contributed by atoms with Gasteiger partial charge in [-0.25, -0.2) is 9.97 Å². The van der Waals surface area contributed by atoms with E-state index < -0.39 is 23.8 Å². The van der Waals surface area contributed by atoms with Crippen LogP contribution in [0.25, 0.3) is 0 Å². The Kier molecular flexibility index (Phi) is 5.40. The second-order valence-electron chi connectivity index (χ2n) is 5.46. The van der Waals surface area contributed by atoms with E-state index in [0.717, 1.165) is 6.07 Å². The summed E-state index contributed by atoms with van der Waals surface area (Å²) >= 11 is 0. The van der Waals surface area contributed by atoms with Gasteiger partial charge in [0.25, 0.3) is 0 Å². The number of carbonyl (C=O) groups is 1. The molecule has 2 N–H and O–H groups in total. The maximum Gasteiger partial charge on any atom is 0.433 e. The van der Waals surface area contributed by atoms with Crippen molar-refractivity contribution in [2.45, 2.75) is 25.9 Å². The molecule has 0 spiro atoms. The predicted octanol–water partition coefficient (Wildman–Crippen LogP) is 2.34. The zero-order valence-electron chi connectivity index (χ0n) is 12.6. The van der Waals surface area contributed by atoms with Gasteiger partial charge in [0.1, 0.15) is 17.3 Å². The van der Waals surface area contributed by atoms with Crippen molar-refractivity contribution in [2.24, 2.45) is 11.8 Å². The third-order valence-electron chi connectivity index (χ3n) is 3.78. The quantitative estimate of drug-likeness (QED) is 0.860. The molecule has 128 valence electrons. The fourth-order valence-electron chi connectivity index (χ4n) is 2.59. The minimum absolute atomic E-state index is 0.00769. The second-order valence-corrected chi connectivity index (χ2v) is 5.46. The maximum atomic E-state index is 12.7. The van der Waals surface area contributed by atoms with Crippen LogP contribution in [0.1, 0.15) is 24.4 Å². The lowest BCUT2D eigenvalue weighted by Crippen LogP contribution is -2.34. The lowest BCUT2D eigenvalue weighted by Gasteiger charge is -2.27. The zero-order chi connectivity index (χ0) is 17.0. The first-order chi connectivity index (χ1) is 10.8. The average molecular weight is 333 g/mol. The number of halogens is 3. The molecule has 2 rings (SSSR count). The van der Waals surface area contributed by atoms with Gasteiger partial charge in [-0.1, -0.05) is 0 Å². The molecule has 1 aliphatic rings. The van der Waals surface area contributed by atoms with E-state index in [2.05, 4.69) is 15.3 Å². The number of alkyl halides is 3. The van der Waals surface area contributed by atoms with Crippen LogP contribution in [0.5, 0.6) is 0 Å². The molecule has 0 radical (unpaired) electrons. The van der Waals surface area contributed by atoms with Crippen LogP contribution in [-0.2, 0) is 15.7 Å². The number of aryl methyl sites for hydroxylation is 1. The first-order valence-electron chi connectivity index (χ1n) is 7.24. The van der Waals surface area contributed by atoms with Gasteiger partial charge in [0.15, 0.2) is 0 Å². The fraction of sp³-hybridized carbons (Fsp3) is 0.643. The number of aromatic nitrogens is 2. The van der Waals surface area contributed by atoms with Crippen molar-refractivity contribution in [1.29, 1.82) is 0 Å². The van der Waals surface area contributed by atoms with Crippen LogP contribution in [0.4, 0.5) is 19.0 Å². The van der Waals surface area contributed by atoms with Crippen LogP contribution in [0.3, 0.4) is 0 Å². The van der Waals surface area contributed by atoms with Crippen LogP contribution in [0.15, 0.2) is 6.07 Å². The largest absolute Gasteiger partial charge is 0.481 e. The Morgan fingerprint density at radius 2 is 2.09 bits per heavy atom. The minimum atomic E-state index is -4.57. The lowest BCUT2D eigenvalue weighted by atomic mass is 9.86. The molecule has 0 aliphatic carbocycles. The van der Waals surface area contributed by atoms with Gasteiger partial charge >= 0.3 is 12.1 Å². The molecule has 1 fully saturated rings. The second kappa shape index (κ2) is 7.12. The first kappa shape index (κ1) is 17.5. The standard InChI is InChI=1S/C14H18F3N3O3/c1-8-19-11(14(15,16)17)6-12(20-8)18-7-10(13(21)22)9-2-4-23-5-3-9/h6,9-10H,2-5,7H2,1H3,(H,21,22)(H,18,19,20). The van der Waals surface area contributed by atoms with Crippen LogP contribution < -0.4 is 5.32 Å². The highest BCUT2D eigenvalue weighted by atomic mass is 19.4. The van der Waals surface area contributed by atoms with Crippen molar-refractivity contribution in [1.82, 2.24) is 9.97 Å². The van der Waals surface area contributed by atoms with Crippen molar-refractivity contribution in [2.75, 3.05) is 25.1 Å². The van der Waals surface area contributed by atoms with E-state index in [0.29, 0.717) is 26.1 Å². The average Bonchev–Trinajstić information content (AvgIpc) is 2.47. The lowest BCUT2D eigenvalue weighted by molar-refractivity contribution is -0.144. The van der Waals surface area contributed by atoms with Crippen LogP contribution >= 0.6 is 0 Å². The van der Waals surface area contributed by atoms with Gasteiger partial charge in [-0.2, -0.15) is 13.2 Å². The molecule has 1 aromatic rings. The highest BCUT2D eigenvalue weighted by Crippen LogP contribution is 2.29. The summed E-state index contributed by atoms with van der Waals surface area (Å²) in [4.78, 5) is 18.7. The maximum absolute atomic E-state index is 12.7. The van der Waals surface area contributed by atoms with Gasteiger partial charge in [0, 0.05) is 25.8 Å². The molecule has 1 aromatic heterocycles. The third kappa shape index (κ3) is 4.78. The minimum Gasteiger partial charge on any atom is -0.481 e. The molecule has 0 amide bonds. The topological polar surface area (TPSA) is 84.3 Å². The summed E-state index contributed by atoms with van der Waals surface area (Å²) in [5, 5.41) is 12.1. The number of carboxylic acid groups (broad SMARTS) is 1. The van der Waals surface area contributed by atoms with Gasteiger partial charge < -0.3 is 15.2 Å². The molecule has 1 unspecified atom stereocenters. The van der Waals surface area contributed by atoms with E-state index in [-0.39, 0.29) is 24.1 Å². The Morgan fingerprint density at radius 3 is 2.65 bits per heavy atom. The van der Waals surface area contributed by atoms with E-state index >= 15 is 0 Å². The monoisotopic (exact) mass is 333 g/mol. The summed E-state index contributed by atoms with van der Waals surface area (Å²) in [5.41, 5.74) is -1.05. The highest BCUT2D eigenvalue weighted by molar-refractivity contribution is 5.71. The predicted molar refractivity (Wildman–Crippen MR) is 74.9 cm³/mol. The summed E-state index contributed by atoms with van der Waals surface area (Å²) in [5.74, 6) is -1.81. The zero-order valence-corrected chi connectivity index (χ0v) is 12.6. The SMILES string of the molecule is Cc1nc(NCC(C(=O)O)C2CCOCC2)cc(C(F)(F)F)n1. The molecule has 23 heavy (non-hydrogen) atoms. The summed E-state index contributed by atoms with van der Waals surface area (Å²) in [6, 6.07) is 0.788. The molecule has 2 heterocycles. The fourth-order valence-corrected chi connectivity index (χ4v) is 2.59. The van der Waals surface area contributed by atoms with Crippen LogP contribution in [-0.4, -0.2) is 40.8 Å². The van der Waals surface area contributed by atoms with E-state index in [1.54, 1.807) is 0 Å². The molecule has 0 bridgehead atoms. The van der Waals surface area contributed by atoms with Crippen LogP contribution in [0, 0.1) is 18.8 Å². The molecule has 6 nitrogen and oxygen atoms in total. The normalized spacial score (nSPS) is 17.7. The number of hydrogen-bond donors (Lipinski definition) is 2. The molecule has 9 heteroatoms. The number of aliphatic carboxylic acids is 1. The number of rotatable bonds is 5. The van der Waals surface area contributed by atoms with Gasteiger partial charge in [-0.15, -0.1) is 0 Å². The van der Waals surface area contributed by atoms with Gasteiger partial charge in [0.05, 0.1) is 5.92 Å². The Morgan fingerprint density at radius 1 is 1.43 bits per heavy atom. The van der Waals surface area contributed by atoms with E-state index in [1.165, 1.54) is 6.92 Å². The molecular formula is C14H18F3N3O3.